The SMILES string of the molecule is O=C(c1cccc(F)c1)C1CCCCS1. The number of hydrogen-bond donors (Lipinski definition) is 0. The van der Waals surface area contributed by atoms with Crippen molar-refractivity contribution in [2.45, 2.75) is 24.5 Å². The Labute approximate surface area is 93.1 Å². The van der Waals surface area contributed by atoms with Crippen LogP contribution in [-0.4, -0.2) is 16.8 Å². The maximum Gasteiger partial charge on any atom is 0.175 e. The fourth-order valence-electron chi connectivity index (χ4n) is 1.78. The van der Waals surface area contributed by atoms with Gasteiger partial charge in [0.05, 0.1) is 5.25 Å². The quantitative estimate of drug-likeness (QED) is 0.717. The summed E-state index contributed by atoms with van der Waals surface area (Å²) in [4.78, 5) is 12.0. The lowest BCUT2D eigenvalue weighted by molar-refractivity contribution is 0.0984. The van der Waals surface area contributed by atoms with Crippen molar-refractivity contribution in [3.8, 4) is 0 Å². The number of Topliss-reactive ketones (excluding diaryl/α,β-unsaturated/α-hetero) is 1. The van der Waals surface area contributed by atoms with Crippen LogP contribution in [0.1, 0.15) is 29.6 Å². The summed E-state index contributed by atoms with van der Waals surface area (Å²) in [5, 5.41) is 0.0422. The molecule has 2 rings (SSSR count). The van der Waals surface area contributed by atoms with Gasteiger partial charge < -0.3 is 0 Å². The number of benzene rings is 1. The van der Waals surface area contributed by atoms with Gasteiger partial charge in [-0.3, -0.25) is 4.79 Å². The van der Waals surface area contributed by atoms with Gasteiger partial charge in [-0.1, -0.05) is 18.6 Å². The molecule has 0 spiro atoms. The molecule has 1 heterocycles. The molecule has 0 bridgehead atoms. The molecule has 1 nitrogen and oxygen atoms in total. The Morgan fingerprint density at radius 2 is 2.27 bits per heavy atom. The van der Waals surface area contributed by atoms with E-state index in [2.05, 4.69) is 0 Å². The lowest BCUT2D eigenvalue weighted by Crippen LogP contribution is -2.21. The highest BCUT2D eigenvalue weighted by atomic mass is 32.2. The predicted octanol–water partition coefficient (Wildman–Crippen LogP) is 3.29. The summed E-state index contributed by atoms with van der Waals surface area (Å²) >= 11 is 1.70. The van der Waals surface area contributed by atoms with Crippen molar-refractivity contribution < 1.29 is 9.18 Å². The first kappa shape index (κ1) is 10.7. The van der Waals surface area contributed by atoms with Crippen LogP contribution in [0.15, 0.2) is 24.3 Å². The summed E-state index contributed by atoms with van der Waals surface area (Å²) in [6, 6.07) is 5.99. The average molecular weight is 224 g/mol. The molecule has 0 aliphatic carbocycles. The van der Waals surface area contributed by atoms with Gasteiger partial charge in [0.25, 0.3) is 0 Å². The molecule has 1 aromatic rings. The Bertz CT molecular complexity index is 358. The Morgan fingerprint density at radius 3 is 2.93 bits per heavy atom. The van der Waals surface area contributed by atoms with E-state index in [-0.39, 0.29) is 16.9 Å². The number of halogens is 1. The van der Waals surface area contributed by atoms with E-state index in [0.29, 0.717) is 5.56 Å². The van der Waals surface area contributed by atoms with E-state index in [1.54, 1.807) is 23.9 Å². The Hall–Kier alpha value is -0.830. The van der Waals surface area contributed by atoms with Crippen molar-refractivity contribution in [1.29, 1.82) is 0 Å². The molecule has 0 aromatic heterocycles. The van der Waals surface area contributed by atoms with E-state index in [4.69, 9.17) is 0 Å². The first-order chi connectivity index (χ1) is 7.27. The molecule has 1 atom stereocenters. The Kier molecular flexibility index (Phi) is 3.41. The summed E-state index contributed by atoms with van der Waals surface area (Å²) in [5.41, 5.74) is 0.509. The normalized spacial score (nSPS) is 21.3. The number of hydrogen-bond acceptors (Lipinski definition) is 2. The minimum absolute atomic E-state index is 0.0422. The fraction of sp³-hybridized carbons (Fsp3) is 0.417. The fourth-order valence-corrected chi connectivity index (χ4v) is 3.05. The van der Waals surface area contributed by atoms with Crippen LogP contribution in [-0.2, 0) is 0 Å². The molecular formula is C12H13FOS. The molecule has 1 aromatic carbocycles. The van der Waals surface area contributed by atoms with Crippen molar-refractivity contribution in [2.24, 2.45) is 0 Å². The molecule has 0 amide bonds. The van der Waals surface area contributed by atoms with E-state index < -0.39 is 0 Å². The van der Waals surface area contributed by atoms with E-state index >= 15 is 0 Å². The van der Waals surface area contributed by atoms with Crippen LogP contribution in [0.4, 0.5) is 4.39 Å². The van der Waals surface area contributed by atoms with E-state index in [0.717, 1.165) is 18.6 Å². The molecule has 3 heteroatoms. The van der Waals surface area contributed by atoms with Gasteiger partial charge in [-0.2, -0.15) is 11.8 Å². The van der Waals surface area contributed by atoms with Crippen molar-refractivity contribution in [2.75, 3.05) is 5.75 Å². The van der Waals surface area contributed by atoms with Crippen molar-refractivity contribution in [3.05, 3.63) is 35.6 Å². The minimum Gasteiger partial charge on any atom is -0.293 e. The van der Waals surface area contributed by atoms with Crippen LogP contribution in [0.5, 0.6) is 0 Å². The topological polar surface area (TPSA) is 17.1 Å². The molecule has 1 aliphatic heterocycles. The molecule has 80 valence electrons. The second-order valence-corrected chi connectivity index (χ2v) is 5.04. The first-order valence-corrected chi connectivity index (χ1v) is 6.23. The summed E-state index contributed by atoms with van der Waals surface area (Å²) in [7, 11) is 0. The molecular weight excluding hydrogens is 211 g/mol. The van der Waals surface area contributed by atoms with E-state index in [1.807, 2.05) is 0 Å². The van der Waals surface area contributed by atoms with Crippen LogP contribution in [0, 0.1) is 5.82 Å². The molecule has 1 aliphatic rings. The van der Waals surface area contributed by atoms with Gasteiger partial charge in [-0.05, 0) is 30.7 Å². The maximum atomic E-state index is 12.9. The van der Waals surface area contributed by atoms with Crippen molar-refractivity contribution >= 4 is 17.5 Å². The standard InChI is InChI=1S/C12H13FOS/c13-10-5-3-4-9(8-10)12(14)11-6-1-2-7-15-11/h3-5,8,11H,1-2,6-7H2. The molecule has 0 saturated carbocycles. The molecule has 0 N–H and O–H groups in total. The van der Waals surface area contributed by atoms with E-state index in [9.17, 15) is 9.18 Å². The third kappa shape index (κ3) is 2.59. The van der Waals surface area contributed by atoms with Crippen LogP contribution in [0.2, 0.25) is 0 Å². The number of thioether (sulfide) groups is 1. The van der Waals surface area contributed by atoms with Gasteiger partial charge in [0.2, 0.25) is 0 Å². The lowest BCUT2D eigenvalue weighted by Gasteiger charge is -2.19. The third-order valence-corrected chi connectivity index (χ3v) is 3.96. The highest BCUT2D eigenvalue weighted by Crippen LogP contribution is 2.27. The number of carbonyl (C=O) groups is 1. The number of carbonyl (C=O) groups excluding carboxylic acids is 1. The van der Waals surface area contributed by atoms with Crippen molar-refractivity contribution in [1.82, 2.24) is 0 Å². The number of ketones is 1. The van der Waals surface area contributed by atoms with Gasteiger partial charge in [0.15, 0.2) is 5.78 Å². The molecule has 1 fully saturated rings. The first-order valence-electron chi connectivity index (χ1n) is 5.19. The largest absolute Gasteiger partial charge is 0.293 e. The lowest BCUT2D eigenvalue weighted by atomic mass is 10.0. The van der Waals surface area contributed by atoms with Crippen molar-refractivity contribution in [3.63, 3.8) is 0 Å². The second kappa shape index (κ2) is 4.79. The monoisotopic (exact) mass is 224 g/mol. The smallest absolute Gasteiger partial charge is 0.175 e. The molecule has 1 unspecified atom stereocenters. The van der Waals surface area contributed by atoms with Crippen LogP contribution < -0.4 is 0 Å². The highest BCUT2D eigenvalue weighted by molar-refractivity contribution is 8.00. The Balaban J connectivity index is 2.12. The third-order valence-electron chi connectivity index (χ3n) is 2.58. The summed E-state index contributed by atoms with van der Waals surface area (Å²) < 4.78 is 12.9. The second-order valence-electron chi connectivity index (χ2n) is 3.73. The molecule has 1 saturated heterocycles. The van der Waals surface area contributed by atoms with Gasteiger partial charge in [-0.25, -0.2) is 4.39 Å². The van der Waals surface area contributed by atoms with Gasteiger partial charge >= 0.3 is 0 Å². The maximum absolute atomic E-state index is 12.9. The molecule has 0 radical (unpaired) electrons. The van der Waals surface area contributed by atoms with Crippen LogP contribution in [0.25, 0.3) is 0 Å². The summed E-state index contributed by atoms with van der Waals surface area (Å²) in [5.74, 6) is 0.798. The van der Waals surface area contributed by atoms with Crippen LogP contribution >= 0.6 is 11.8 Å². The average Bonchev–Trinajstić information content (AvgIpc) is 2.29. The highest BCUT2D eigenvalue weighted by Gasteiger charge is 2.22. The zero-order valence-electron chi connectivity index (χ0n) is 8.41. The predicted molar refractivity (Wildman–Crippen MR) is 60.8 cm³/mol. The van der Waals surface area contributed by atoms with Gasteiger partial charge in [0.1, 0.15) is 5.82 Å². The number of rotatable bonds is 2. The summed E-state index contributed by atoms with van der Waals surface area (Å²) in [6.45, 7) is 0. The summed E-state index contributed by atoms with van der Waals surface area (Å²) in [6.07, 6.45) is 3.23. The molecule has 15 heavy (non-hydrogen) atoms. The zero-order valence-corrected chi connectivity index (χ0v) is 9.23. The minimum atomic E-state index is -0.332. The van der Waals surface area contributed by atoms with E-state index in [1.165, 1.54) is 18.6 Å². The Morgan fingerprint density at radius 1 is 1.40 bits per heavy atom. The van der Waals surface area contributed by atoms with Gasteiger partial charge in [0, 0.05) is 5.56 Å². The van der Waals surface area contributed by atoms with Gasteiger partial charge in [-0.15, -0.1) is 0 Å². The van der Waals surface area contributed by atoms with Crippen LogP contribution in [0.3, 0.4) is 0 Å². The zero-order chi connectivity index (χ0) is 10.7.